The average molecular weight is 718 g/mol. The summed E-state index contributed by atoms with van der Waals surface area (Å²) in [6, 6.07) is 20.3. The number of fused-ring (bicyclic) bond motifs is 4. The molecule has 6 unspecified atom stereocenters. The van der Waals surface area contributed by atoms with Crippen LogP contribution < -0.4 is 10.2 Å². The zero-order valence-electron chi connectivity index (χ0n) is 25.0. The highest BCUT2D eigenvalue weighted by atomic mass is 127. The number of halogens is 1. The van der Waals surface area contributed by atoms with Gasteiger partial charge in [0, 0.05) is 13.0 Å². The van der Waals surface area contributed by atoms with Crippen LogP contribution in [-0.2, 0) is 24.6 Å². The third-order valence-corrected chi connectivity index (χ3v) is 11.0. The molecule has 2 saturated heterocycles. The molecule has 2 heterocycles. The smallest absolute Gasteiger partial charge is 0.260 e. The first-order valence-corrected chi connectivity index (χ1v) is 16.0. The number of nitrogens with zero attached hydrogens (tertiary/aromatic N) is 2. The van der Waals surface area contributed by atoms with Gasteiger partial charge in [-0.3, -0.25) is 29.5 Å². The van der Waals surface area contributed by atoms with Gasteiger partial charge in [0.25, 0.3) is 11.8 Å². The summed E-state index contributed by atoms with van der Waals surface area (Å²) in [5.74, 6) is -4.15. The highest BCUT2D eigenvalue weighted by Gasteiger charge is 2.70. The molecule has 0 radical (unpaired) electrons. The molecule has 10 heteroatoms. The number of imide groups is 2. The molecule has 3 fully saturated rings. The molecular formula is C35H32IN3O6. The van der Waals surface area contributed by atoms with Crippen LogP contribution in [-0.4, -0.2) is 52.8 Å². The fourth-order valence-electron chi connectivity index (χ4n) is 8.20. The topological polar surface area (TPSA) is 116 Å². The molecule has 0 bridgehead atoms. The maximum atomic E-state index is 15.1. The minimum atomic E-state index is -1.38. The lowest BCUT2D eigenvalue weighted by Crippen LogP contribution is -2.53. The number of phenolic OH excluding ortho intramolecular Hbond substituents is 1. The molecule has 230 valence electrons. The van der Waals surface area contributed by atoms with Crippen molar-refractivity contribution in [2.45, 2.75) is 31.1 Å². The molecule has 0 aromatic heterocycles. The van der Waals surface area contributed by atoms with Crippen molar-refractivity contribution in [2.75, 3.05) is 19.6 Å². The number of phenols is 1. The summed E-state index contributed by atoms with van der Waals surface area (Å²) in [7, 11) is 2.98. The van der Waals surface area contributed by atoms with Crippen LogP contribution >= 0.6 is 22.6 Å². The van der Waals surface area contributed by atoms with Gasteiger partial charge >= 0.3 is 0 Å². The van der Waals surface area contributed by atoms with Crippen LogP contribution in [0.15, 0.2) is 78.4 Å². The number of methoxy groups -OCH3 is 1. The van der Waals surface area contributed by atoms with Gasteiger partial charge in [0.15, 0.2) is 11.5 Å². The summed E-state index contributed by atoms with van der Waals surface area (Å²) >= 11 is 2.04. The average Bonchev–Trinajstić information content (AvgIpc) is 3.40. The number of ether oxygens (including phenoxy) is 1. The van der Waals surface area contributed by atoms with E-state index >= 15 is 4.79 Å². The number of allylic oxidation sites excluding steroid dienone is 2. The van der Waals surface area contributed by atoms with Gasteiger partial charge in [-0.2, -0.15) is 5.01 Å². The van der Waals surface area contributed by atoms with Crippen LogP contribution in [0, 0.1) is 34.2 Å². The van der Waals surface area contributed by atoms with Crippen molar-refractivity contribution in [2.24, 2.45) is 23.7 Å². The van der Waals surface area contributed by atoms with Crippen LogP contribution in [0.3, 0.4) is 0 Å². The number of anilines is 1. The first-order chi connectivity index (χ1) is 21.6. The number of aromatic hydroxyl groups is 1. The largest absolute Gasteiger partial charge is 0.504 e. The number of hydrogen-bond donors (Lipinski definition) is 2. The molecule has 4 amide bonds. The third kappa shape index (κ3) is 4.17. The number of amides is 4. The molecule has 6 atom stereocenters. The highest BCUT2D eigenvalue weighted by Crippen LogP contribution is 2.64. The summed E-state index contributed by atoms with van der Waals surface area (Å²) in [5, 5.41) is 11.9. The van der Waals surface area contributed by atoms with Crippen LogP contribution in [0.2, 0.25) is 0 Å². The van der Waals surface area contributed by atoms with E-state index in [1.165, 1.54) is 19.1 Å². The Morgan fingerprint density at radius 3 is 2.36 bits per heavy atom. The predicted molar refractivity (Wildman–Crippen MR) is 174 cm³/mol. The molecule has 1 saturated carbocycles. The van der Waals surface area contributed by atoms with Crippen LogP contribution in [0.5, 0.6) is 11.5 Å². The van der Waals surface area contributed by atoms with Gasteiger partial charge in [0.05, 0.1) is 39.5 Å². The van der Waals surface area contributed by atoms with Gasteiger partial charge in [0.1, 0.15) is 0 Å². The monoisotopic (exact) mass is 717 g/mol. The summed E-state index contributed by atoms with van der Waals surface area (Å²) < 4.78 is 6.09. The Kier molecular flexibility index (Phi) is 7.03. The standard InChI is InChI=1S/C35H32IN3O6/c1-18-9-11-21(12-10-18)37-39-32(42)25-17-24-22(13-14-23-28(24)33(43)38(2)31(23)41)29(19-15-26(36)30(40)27(16-19)45-3)35(25,34(39)44)20-7-5-4-6-8-20/h4-13,15-16,23-25,28-29,37,40H,14,17H2,1-3H3. The molecule has 2 aliphatic carbocycles. The minimum Gasteiger partial charge on any atom is -0.504 e. The van der Waals surface area contributed by atoms with Gasteiger partial charge in [-0.05, 0) is 83.7 Å². The van der Waals surface area contributed by atoms with E-state index in [4.69, 9.17) is 4.74 Å². The number of hydrogen-bond acceptors (Lipinski definition) is 7. The Labute approximate surface area is 274 Å². The lowest BCUT2D eigenvalue weighted by Gasteiger charge is -2.50. The summed E-state index contributed by atoms with van der Waals surface area (Å²) in [6.07, 6.45) is 2.60. The molecule has 9 nitrogen and oxygen atoms in total. The molecule has 4 aliphatic rings. The van der Waals surface area contributed by atoms with Crippen molar-refractivity contribution in [1.29, 1.82) is 0 Å². The molecular weight excluding hydrogens is 685 g/mol. The lowest BCUT2D eigenvalue weighted by molar-refractivity contribution is -0.140. The van der Waals surface area contributed by atoms with Gasteiger partial charge in [-0.1, -0.05) is 59.7 Å². The second-order valence-electron chi connectivity index (χ2n) is 12.4. The number of carbonyl (C=O) groups is 4. The zero-order chi connectivity index (χ0) is 31.8. The maximum Gasteiger partial charge on any atom is 0.260 e. The molecule has 7 rings (SSSR count). The molecule has 3 aromatic rings. The molecule has 0 spiro atoms. The van der Waals surface area contributed by atoms with Crippen LogP contribution in [0.25, 0.3) is 0 Å². The number of aryl methyl sites for hydroxylation is 1. The fourth-order valence-corrected chi connectivity index (χ4v) is 8.82. The quantitative estimate of drug-likeness (QED) is 0.219. The molecule has 2 N–H and O–H groups in total. The van der Waals surface area contributed by atoms with Gasteiger partial charge < -0.3 is 9.84 Å². The van der Waals surface area contributed by atoms with Gasteiger partial charge in [-0.15, -0.1) is 0 Å². The minimum absolute atomic E-state index is 0.0214. The van der Waals surface area contributed by atoms with Gasteiger partial charge in [0.2, 0.25) is 11.8 Å². The number of nitrogens with one attached hydrogen (secondary N) is 1. The van der Waals surface area contributed by atoms with Crippen molar-refractivity contribution in [3.05, 3.63) is 98.6 Å². The number of likely N-dealkylation sites (tertiary alicyclic amines) is 1. The van der Waals surface area contributed by atoms with E-state index in [9.17, 15) is 19.5 Å². The van der Waals surface area contributed by atoms with E-state index < -0.39 is 40.9 Å². The Morgan fingerprint density at radius 1 is 0.956 bits per heavy atom. The Hall–Kier alpha value is -4.19. The first kappa shape index (κ1) is 29.5. The molecule has 2 aliphatic heterocycles. The van der Waals surface area contributed by atoms with E-state index in [1.807, 2.05) is 96.3 Å². The van der Waals surface area contributed by atoms with Crippen molar-refractivity contribution in [3.8, 4) is 11.5 Å². The SMILES string of the molecule is COc1cc(C2C3=CCC4C(=O)N(C)C(=O)C4C3CC3C(=O)N(Nc4ccc(C)cc4)C(=O)C32c2ccccc2)cc(I)c1O. The van der Waals surface area contributed by atoms with Crippen molar-refractivity contribution in [3.63, 3.8) is 0 Å². The first-order valence-electron chi connectivity index (χ1n) is 14.9. The van der Waals surface area contributed by atoms with E-state index in [0.717, 1.165) is 16.1 Å². The molecule has 45 heavy (non-hydrogen) atoms. The number of benzene rings is 3. The number of carbonyl (C=O) groups excluding carboxylic acids is 4. The Balaban J connectivity index is 1.49. The third-order valence-electron chi connectivity index (χ3n) is 10.2. The second-order valence-corrected chi connectivity index (χ2v) is 13.5. The Bertz CT molecular complexity index is 1790. The van der Waals surface area contributed by atoms with Crippen molar-refractivity contribution < 1.29 is 29.0 Å². The summed E-state index contributed by atoms with van der Waals surface area (Å²) in [4.78, 5) is 57.7. The lowest BCUT2D eigenvalue weighted by atomic mass is 9.49. The zero-order valence-corrected chi connectivity index (χ0v) is 27.1. The van der Waals surface area contributed by atoms with E-state index in [0.29, 0.717) is 26.8 Å². The fraction of sp³-hybridized carbons (Fsp3) is 0.314. The summed E-state index contributed by atoms with van der Waals surface area (Å²) in [5.41, 5.74) is 5.57. The van der Waals surface area contributed by atoms with Crippen LogP contribution in [0.4, 0.5) is 5.69 Å². The van der Waals surface area contributed by atoms with Crippen LogP contribution in [0.1, 0.15) is 35.4 Å². The predicted octanol–water partition coefficient (Wildman–Crippen LogP) is 4.93. The molecule has 3 aromatic carbocycles. The summed E-state index contributed by atoms with van der Waals surface area (Å²) in [6.45, 7) is 1.96. The van der Waals surface area contributed by atoms with Crippen molar-refractivity contribution in [1.82, 2.24) is 9.91 Å². The second kappa shape index (κ2) is 10.7. The number of hydrazine groups is 1. The van der Waals surface area contributed by atoms with E-state index in [2.05, 4.69) is 5.43 Å². The van der Waals surface area contributed by atoms with E-state index in [-0.39, 0.29) is 35.6 Å². The maximum absolute atomic E-state index is 15.1. The normalized spacial score (nSPS) is 28.9. The number of rotatable bonds is 5. The van der Waals surface area contributed by atoms with Gasteiger partial charge in [-0.25, -0.2) is 0 Å². The Morgan fingerprint density at radius 2 is 1.67 bits per heavy atom. The van der Waals surface area contributed by atoms with Crippen molar-refractivity contribution >= 4 is 51.9 Å². The van der Waals surface area contributed by atoms with E-state index in [1.54, 1.807) is 6.07 Å². The highest BCUT2D eigenvalue weighted by molar-refractivity contribution is 14.1.